The lowest BCUT2D eigenvalue weighted by Gasteiger charge is -2.13. The molecule has 0 aliphatic carbocycles. The Labute approximate surface area is 129 Å². The fourth-order valence-corrected chi connectivity index (χ4v) is 2.57. The number of fused-ring (bicyclic) bond motifs is 1. The Kier molecular flexibility index (Phi) is 3.81. The van der Waals surface area contributed by atoms with Crippen molar-refractivity contribution in [2.75, 3.05) is 20.8 Å². The number of ether oxygens (including phenoxy) is 4. The van der Waals surface area contributed by atoms with Gasteiger partial charge in [-0.3, -0.25) is 0 Å². The molecule has 0 saturated heterocycles. The van der Waals surface area contributed by atoms with Crippen molar-refractivity contribution < 1.29 is 18.9 Å². The number of methoxy groups -OCH3 is 2. The van der Waals surface area contributed by atoms with Crippen molar-refractivity contribution in [3.8, 4) is 34.1 Å². The summed E-state index contributed by atoms with van der Waals surface area (Å²) in [7, 11) is 3.28. The quantitative estimate of drug-likeness (QED) is 0.940. The summed E-state index contributed by atoms with van der Waals surface area (Å²) in [6.45, 7) is 2.30. The van der Waals surface area contributed by atoms with Gasteiger partial charge in [0.1, 0.15) is 11.5 Å². The van der Waals surface area contributed by atoms with E-state index in [1.54, 1.807) is 14.2 Å². The topological polar surface area (TPSA) is 62.9 Å². The average Bonchev–Trinajstić information content (AvgIpc) is 2.96. The lowest BCUT2D eigenvalue weighted by molar-refractivity contribution is 0.0583. The van der Waals surface area contributed by atoms with E-state index in [-0.39, 0.29) is 0 Å². The number of aryl methyl sites for hydroxylation is 1. The molecule has 1 aliphatic heterocycles. The molecule has 5 heteroatoms. The maximum atomic E-state index is 5.83. The first-order chi connectivity index (χ1) is 10.7. The second-order valence-corrected chi connectivity index (χ2v) is 5.11. The van der Waals surface area contributed by atoms with Gasteiger partial charge in [0.2, 0.25) is 0 Å². The fraction of sp³-hybridized carbons (Fsp3) is 0.294. The van der Waals surface area contributed by atoms with Gasteiger partial charge in [-0.05, 0) is 42.8 Å². The Morgan fingerprint density at radius 1 is 1.05 bits per heavy atom. The summed E-state index contributed by atoms with van der Waals surface area (Å²) in [6, 6.07) is 9.64. The van der Waals surface area contributed by atoms with Crippen LogP contribution in [0.5, 0.6) is 23.0 Å². The highest BCUT2D eigenvalue weighted by molar-refractivity contribution is 5.80. The predicted octanol–water partition coefficient (Wildman–Crippen LogP) is 2.74. The van der Waals surface area contributed by atoms with E-state index in [4.69, 9.17) is 24.7 Å². The highest BCUT2D eigenvalue weighted by Crippen LogP contribution is 2.47. The zero-order valence-corrected chi connectivity index (χ0v) is 12.9. The first-order valence-electron chi connectivity index (χ1n) is 7.06. The summed E-state index contributed by atoms with van der Waals surface area (Å²) in [4.78, 5) is 0. The maximum Gasteiger partial charge on any atom is 0.253 e. The Hall–Kier alpha value is -2.40. The van der Waals surface area contributed by atoms with E-state index in [9.17, 15) is 0 Å². The van der Waals surface area contributed by atoms with Crippen LogP contribution >= 0.6 is 0 Å². The number of hydrogen-bond acceptors (Lipinski definition) is 5. The molecule has 22 heavy (non-hydrogen) atoms. The third kappa shape index (κ3) is 2.44. The van der Waals surface area contributed by atoms with Gasteiger partial charge in [-0.1, -0.05) is 0 Å². The molecule has 0 saturated carbocycles. The van der Waals surface area contributed by atoms with Gasteiger partial charge < -0.3 is 24.7 Å². The second-order valence-electron chi connectivity index (χ2n) is 5.11. The molecule has 2 N–H and O–H groups in total. The Morgan fingerprint density at radius 3 is 2.55 bits per heavy atom. The van der Waals surface area contributed by atoms with E-state index < -0.39 is 6.29 Å². The highest BCUT2D eigenvalue weighted by atomic mass is 16.7. The fourth-order valence-electron chi connectivity index (χ4n) is 2.57. The van der Waals surface area contributed by atoms with Crippen molar-refractivity contribution in [3.05, 3.63) is 35.9 Å². The summed E-state index contributed by atoms with van der Waals surface area (Å²) in [5.74, 6) is 2.89. The summed E-state index contributed by atoms with van der Waals surface area (Å²) in [5, 5.41) is 0. The summed E-state index contributed by atoms with van der Waals surface area (Å²) < 4.78 is 22.3. The smallest absolute Gasteiger partial charge is 0.253 e. The minimum Gasteiger partial charge on any atom is -0.497 e. The van der Waals surface area contributed by atoms with Crippen LogP contribution in [0.15, 0.2) is 30.3 Å². The molecule has 0 bridgehead atoms. The summed E-state index contributed by atoms with van der Waals surface area (Å²) in [6.07, 6.45) is -0.452. The van der Waals surface area contributed by atoms with E-state index >= 15 is 0 Å². The minimum absolute atomic E-state index is 0.294. The summed E-state index contributed by atoms with van der Waals surface area (Å²) in [5.41, 5.74) is 8.51. The molecule has 0 fully saturated rings. The van der Waals surface area contributed by atoms with Gasteiger partial charge in [0.05, 0.1) is 20.8 Å². The molecule has 116 valence electrons. The Morgan fingerprint density at radius 2 is 1.86 bits per heavy atom. The zero-order valence-electron chi connectivity index (χ0n) is 12.9. The normalized spacial score (nSPS) is 15.7. The van der Waals surface area contributed by atoms with Crippen molar-refractivity contribution in [3.63, 3.8) is 0 Å². The molecule has 0 aromatic heterocycles. The van der Waals surface area contributed by atoms with Crippen molar-refractivity contribution in [1.82, 2.24) is 0 Å². The van der Waals surface area contributed by atoms with E-state index in [0.717, 1.165) is 28.2 Å². The zero-order chi connectivity index (χ0) is 15.7. The molecule has 1 unspecified atom stereocenters. The molecule has 5 nitrogen and oxygen atoms in total. The van der Waals surface area contributed by atoms with Gasteiger partial charge in [0.15, 0.2) is 11.5 Å². The van der Waals surface area contributed by atoms with Gasteiger partial charge in [-0.25, -0.2) is 0 Å². The predicted molar refractivity (Wildman–Crippen MR) is 83.8 cm³/mol. The number of nitrogens with two attached hydrogens (primary N) is 1. The molecule has 0 radical (unpaired) electrons. The van der Waals surface area contributed by atoms with Crippen LogP contribution in [-0.4, -0.2) is 27.1 Å². The second kappa shape index (κ2) is 5.77. The number of hydrogen-bond donors (Lipinski definition) is 1. The van der Waals surface area contributed by atoms with Crippen molar-refractivity contribution in [1.29, 1.82) is 0 Å². The lowest BCUT2D eigenvalue weighted by Crippen LogP contribution is -2.28. The Balaban J connectivity index is 2.17. The van der Waals surface area contributed by atoms with E-state index in [1.165, 1.54) is 0 Å². The molecule has 2 aromatic rings. The van der Waals surface area contributed by atoms with Crippen LogP contribution in [-0.2, 0) is 0 Å². The van der Waals surface area contributed by atoms with Crippen LogP contribution in [0, 0.1) is 6.92 Å². The molecule has 1 heterocycles. The molecule has 1 atom stereocenters. The van der Waals surface area contributed by atoms with Crippen molar-refractivity contribution in [2.45, 2.75) is 13.2 Å². The van der Waals surface area contributed by atoms with Crippen LogP contribution in [0.3, 0.4) is 0 Å². The SMILES string of the molecule is COc1ccc(OC)c(-c2cc(C)cc3c2OC(CN)O3)c1. The average molecular weight is 301 g/mol. The van der Waals surface area contributed by atoms with E-state index in [0.29, 0.717) is 18.0 Å². The first-order valence-corrected chi connectivity index (χ1v) is 7.06. The largest absolute Gasteiger partial charge is 0.497 e. The van der Waals surface area contributed by atoms with Crippen LogP contribution < -0.4 is 24.7 Å². The van der Waals surface area contributed by atoms with Gasteiger partial charge in [0.25, 0.3) is 6.29 Å². The van der Waals surface area contributed by atoms with Gasteiger partial charge >= 0.3 is 0 Å². The minimum atomic E-state index is -0.452. The molecule has 3 rings (SSSR count). The molecule has 0 amide bonds. The Bertz CT molecular complexity index is 699. The van der Waals surface area contributed by atoms with Gasteiger partial charge in [0, 0.05) is 11.1 Å². The van der Waals surface area contributed by atoms with Gasteiger partial charge in [-0.15, -0.1) is 0 Å². The van der Waals surface area contributed by atoms with Crippen LogP contribution in [0.1, 0.15) is 5.56 Å². The van der Waals surface area contributed by atoms with Crippen molar-refractivity contribution in [2.24, 2.45) is 5.73 Å². The molecule has 0 spiro atoms. The van der Waals surface area contributed by atoms with Crippen LogP contribution in [0.2, 0.25) is 0 Å². The number of benzene rings is 2. The standard InChI is InChI=1S/C17H19NO4/c1-10-6-13(17-15(7-10)21-16(9-18)22-17)12-8-11(19-2)4-5-14(12)20-3/h4-8,16H,9,18H2,1-3H3. The number of rotatable bonds is 4. The molecular formula is C17H19NO4. The molecular weight excluding hydrogens is 282 g/mol. The monoisotopic (exact) mass is 301 g/mol. The molecule has 1 aliphatic rings. The molecule has 2 aromatic carbocycles. The lowest BCUT2D eigenvalue weighted by atomic mass is 10.0. The van der Waals surface area contributed by atoms with Gasteiger partial charge in [-0.2, -0.15) is 0 Å². The third-order valence-electron chi connectivity index (χ3n) is 3.60. The van der Waals surface area contributed by atoms with Crippen molar-refractivity contribution >= 4 is 0 Å². The summed E-state index contributed by atoms with van der Waals surface area (Å²) >= 11 is 0. The third-order valence-corrected chi connectivity index (χ3v) is 3.60. The van der Waals surface area contributed by atoms with Crippen LogP contribution in [0.25, 0.3) is 11.1 Å². The van der Waals surface area contributed by atoms with E-state index in [2.05, 4.69) is 0 Å². The van der Waals surface area contributed by atoms with E-state index in [1.807, 2.05) is 37.3 Å². The maximum absolute atomic E-state index is 5.83. The van der Waals surface area contributed by atoms with Crippen LogP contribution in [0.4, 0.5) is 0 Å². The highest BCUT2D eigenvalue weighted by Gasteiger charge is 2.28. The first kappa shape index (κ1) is 14.5.